The van der Waals surface area contributed by atoms with Crippen LogP contribution in [0.3, 0.4) is 0 Å². The van der Waals surface area contributed by atoms with Crippen LogP contribution in [0.1, 0.15) is 18.6 Å². The van der Waals surface area contributed by atoms with Crippen molar-refractivity contribution in [2.75, 3.05) is 11.5 Å². The third-order valence-corrected chi connectivity index (χ3v) is 5.35. The van der Waals surface area contributed by atoms with Crippen LogP contribution >= 0.6 is 0 Å². The number of nitrogens with zero attached hydrogens (tertiary/aromatic N) is 1. The van der Waals surface area contributed by atoms with Gasteiger partial charge in [-0.15, -0.1) is 0 Å². The molecule has 6 heteroatoms. The number of furan rings is 1. The van der Waals surface area contributed by atoms with Gasteiger partial charge in [0.25, 0.3) is 0 Å². The Morgan fingerprint density at radius 2 is 2.17 bits per heavy atom. The summed E-state index contributed by atoms with van der Waals surface area (Å²) in [5, 5.41) is 9.95. The van der Waals surface area contributed by atoms with Crippen LogP contribution in [-0.4, -0.2) is 48.1 Å². The fourth-order valence-corrected chi connectivity index (χ4v) is 4.45. The number of aliphatic hydroxyl groups excluding tert-OH is 1. The molecule has 2 fully saturated rings. The highest BCUT2D eigenvalue weighted by molar-refractivity contribution is 7.91. The molecule has 2 atom stereocenters. The molecule has 1 saturated heterocycles. The molecule has 1 aliphatic carbocycles. The molecule has 1 saturated carbocycles. The van der Waals surface area contributed by atoms with Crippen molar-refractivity contribution in [2.45, 2.75) is 37.6 Å². The summed E-state index contributed by atoms with van der Waals surface area (Å²) in [5.74, 6) is 0.767. The van der Waals surface area contributed by atoms with Crippen molar-refractivity contribution in [3.05, 3.63) is 24.2 Å². The monoisotopic (exact) mass is 271 g/mol. The number of rotatable bonds is 4. The van der Waals surface area contributed by atoms with Gasteiger partial charge in [-0.05, 0) is 25.0 Å². The summed E-state index contributed by atoms with van der Waals surface area (Å²) >= 11 is 0. The fourth-order valence-electron chi connectivity index (χ4n) is 2.63. The van der Waals surface area contributed by atoms with Crippen molar-refractivity contribution < 1.29 is 17.9 Å². The van der Waals surface area contributed by atoms with Crippen molar-refractivity contribution in [1.82, 2.24) is 4.90 Å². The smallest absolute Gasteiger partial charge is 0.154 e. The number of hydrogen-bond acceptors (Lipinski definition) is 5. The first kappa shape index (κ1) is 12.2. The van der Waals surface area contributed by atoms with E-state index in [9.17, 15) is 13.5 Å². The summed E-state index contributed by atoms with van der Waals surface area (Å²) in [6.45, 7) is 0.578. The van der Waals surface area contributed by atoms with Gasteiger partial charge in [-0.25, -0.2) is 8.42 Å². The maximum Gasteiger partial charge on any atom is 0.154 e. The highest BCUT2D eigenvalue weighted by atomic mass is 32.2. The Balaban J connectivity index is 1.78. The van der Waals surface area contributed by atoms with Gasteiger partial charge in [0.1, 0.15) is 5.76 Å². The third-order valence-electron chi connectivity index (χ3n) is 3.65. The molecule has 2 heterocycles. The molecule has 3 rings (SSSR count). The van der Waals surface area contributed by atoms with Crippen LogP contribution in [-0.2, 0) is 16.4 Å². The van der Waals surface area contributed by atoms with Crippen LogP contribution in [0.15, 0.2) is 22.8 Å². The van der Waals surface area contributed by atoms with Gasteiger partial charge in [0.05, 0.1) is 36.5 Å². The molecule has 1 aliphatic heterocycles. The quantitative estimate of drug-likeness (QED) is 0.858. The topological polar surface area (TPSA) is 70.8 Å². The van der Waals surface area contributed by atoms with Crippen LogP contribution < -0.4 is 0 Å². The van der Waals surface area contributed by atoms with Crippen molar-refractivity contribution in [3.63, 3.8) is 0 Å². The average molecular weight is 271 g/mol. The highest BCUT2D eigenvalue weighted by Crippen LogP contribution is 2.33. The maximum atomic E-state index is 11.6. The number of hydrogen-bond donors (Lipinski definition) is 1. The van der Waals surface area contributed by atoms with Crippen molar-refractivity contribution in [1.29, 1.82) is 0 Å². The lowest BCUT2D eigenvalue weighted by Crippen LogP contribution is -2.43. The second kappa shape index (κ2) is 4.36. The van der Waals surface area contributed by atoms with Crippen molar-refractivity contribution >= 4 is 9.84 Å². The molecule has 18 heavy (non-hydrogen) atoms. The first-order chi connectivity index (χ1) is 8.55. The van der Waals surface area contributed by atoms with Gasteiger partial charge in [0.2, 0.25) is 0 Å². The SMILES string of the molecule is O=S1(=O)CC(O)C(N(Cc2ccco2)C2CC2)C1. The maximum absolute atomic E-state index is 11.6. The Morgan fingerprint density at radius 3 is 2.67 bits per heavy atom. The summed E-state index contributed by atoms with van der Waals surface area (Å²) < 4.78 is 28.5. The summed E-state index contributed by atoms with van der Waals surface area (Å²) in [5.41, 5.74) is 0. The normalized spacial score (nSPS) is 31.0. The average Bonchev–Trinajstić information content (AvgIpc) is 2.92. The van der Waals surface area contributed by atoms with E-state index < -0.39 is 15.9 Å². The molecular formula is C12H17NO4S. The van der Waals surface area contributed by atoms with E-state index in [1.54, 1.807) is 6.26 Å². The van der Waals surface area contributed by atoms with Crippen LogP contribution in [0.25, 0.3) is 0 Å². The first-order valence-corrected chi connectivity index (χ1v) is 8.04. The summed E-state index contributed by atoms with van der Waals surface area (Å²) in [6, 6.07) is 3.81. The zero-order chi connectivity index (χ0) is 12.8. The molecule has 2 aliphatic rings. The zero-order valence-corrected chi connectivity index (χ0v) is 10.8. The Morgan fingerprint density at radius 1 is 1.39 bits per heavy atom. The molecule has 2 unspecified atom stereocenters. The minimum Gasteiger partial charge on any atom is -0.468 e. The molecule has 1 aromatic heterocycles. The second-order valence-electron chi connectivity index (χ2n) is 5.19. The molecule has 0 spiro atoms. The molecule has 100 valence electrons. The summed E-state index contributed by atoms with van der Waals surface area (Å²) in [7, 11) is -3.10. The molecule has 1 N–H and O–H groups in total. The molecule has 5 nitrogen and oxygen atoms in total. The van der Waals surface area contributed by atoms with E-state index in [2.05, 4.69) is 4.90 Å². The van der Waals surface area contributed by atoms with Gasteiger partial charge in [-0.1, -0.05) is 0 Å². The van der Waals surface area contributed by atoms with E-state index in [-0.39, 0.29) is 17.5 Å². The lowest BCUT2D eigenvalue weighted by atomic mass is 10.1. The van der Waals surface area contributed by atoms with E-state index in [1.807, 2.05) is 12.1 Å². The zero-order valence-electron chi connectivity index (χ0n) is 10.0. The van der Waals surface area contributed by atoms with Crippen molar-refractivity contribution in [2.24, 2.45) is 0 Å². The molecular weight excluding hydrogens is 254 g/mol. The van der Waals surface area contributed by atoms with Gasteiger partial charge in [0, 0.05) is 6.04 Å². The highest BCUT2D eigenvalue weighted by Gasteiger charge is 2.44. The van der Waals surface area contributed by atoms with E-state index in [1.165, 1.54) is 0 Å². The fraction of sp³-hybridized carbons (Fsp3) is 0.667. The molecule has 0 amide bonds. The second-order valence-corrected chi connectivity index (χ2v) is 7.35. The Labute approximate surface area is 106 Å². The predicted molar refractivity (Wildman–Crippen MR) is 65.7 cm³/mol. The van der Waals surface area contributed by atoms with Gasteiger partial charge in [0.15, 0.2) is 9.84 Å². The van der Waals surface area contributed by atoms with E-state index in [4.69, 9.17) is 4.42 Å². The van der Waals surface area contributed by atoms with Gasteiger partial charge >= 0.3 is 0 Å². The Hall–Kier alpha value is -0.850. The standard InChI is InChI=1S/C12H17NO4S/c14-12-8-18(15,16)7-11(12)13(9-3-4-9)6-10-2-1-5-17-10/h1-2,5,9,11-12,14H,3-4,6-8H2. The molecule has 0 aromatic carbocycles. The van der Waals surface area contributed by atoms with Gasteiger partial charge in [-0.3, -0.25) is 4.90 Å². The van der Waals surface area contributed by atoms with E-state index in [0.29, 0.717) is 12.6 Å². The van der Waals surface area contributed by atoms with Crippen LogP contribution in [0, 0.1) is 0 Å². The summed E-state index contributed by atoms with van der Waals surface area (Å²) in [6.07, 6.45) is 2.99. The Kier molecular flexibility index (Phi) is 2.96. The molecule has 0 radical (unpaired) electrons. The lowest BCUT2D eigenvalue weighted by Gasteiger charge is -2.29. The van der Waals surface area contributed by atoms with Crippen LogP contribution in [0.4, 0.5) is 0 Å². The molecule has 1 aromatic rings. The van der Waals surface area contributed by atoms with Crippen molar-refractivity contribution in [3.8, 4) is 0 Å². The Bertz CT molecular complexity index is 506. The van der Waals surface area contributed by atoms with E-state index >= 15 is 0 Å². The minimum absolute atomic E-state index is 0.0609. The molecule has 0 bridgehead atoms. The van der Waals surface area contributed by atoms with Gasteiger partial charge in [-0.2, -0.15) is 0 Å². The summed E-state index contributed by atoms with van der Waals surface area (Å²) in [4.78, 5) is 2.09. The van der Waals surface area contributed by atoms with Crippen LogP contribution in [0.2, 0.25) is 0 Å². The number of sulfone groups is 1. The number of aliphatic hydroxyl groups is 1. The van der Waals surface area contributed by atoms with Crippen LogP contribution in [0.5, 0.6) is 0 Å². The van der Waals surface area contributed by atoms with E-state index in [0.717, 1.165) is 18.6 Å². The predicted octanol–water partition coefficient (Wildman–Crippen LogP) is 0.402. The first-order valence-electron chi connectivity index (χ1n) is 6.22. The van der Waals surface area contributed by atoms with Gasteiger partial charge < -0.3 is 9.52 Å². The lowest BCUT2D eigenvalue weighted by molar-refractivity contribution is 0.0682. The largest absolute Gasteiger partial charge is 0.468 e. The minimum atomic E-state index is -3.10. The third kappa shape index (κ3) is 2.46.